The zero-order chi connectivity index (χ0) is 22.6. The van der Waals surface area contributed by atoms with Gasteiger partial charge in [0, 0.05) is 43.5 Å². The standard InChI is InChI=1S/C27H29N3O3/c1-32-21-12-10-19(11-13-21)25(30-16-14-28-15-17-30)18-20-6-2-5-9-24(20)29-26-22-7-3-4-8-23(22)27(31)33-26/h2-13,25-26,28-29H,14-18H2,1H3. The molecule has 1 fully saturated rings. The van der Waals surface area contributed by atoms with Crippen LogP contribution in [0.3, 0.4) is 0 Å². The zero-order valence-electron chi connectivity index (χ0n) is 18.8. The fourth-order valence-corrected chi connectivity index (χ4v) is 4.72. The summed E-state index contributed by atoms with van der Waals surface area (Å²) in [6.45, 7) is 3.97. The molecule has 0 aromatic heterocycles. The van der Waals surface area contributed by atoms with Crippen molar-refractivity contribution in [3.05, 3.63) is 95.1 Å². The van der Waals surface area contributed by atoms with E-state index in [-0.39, 0.29) is 12.0 Å². The average Bonchev–Trinajstić information content (AvgIpc) is 3.19. The normalized spacial score (nSPS) is 18.9. The third kappa shape index (κ3) is 4.58. The number of ether oxygens (including phenoxy) is 2. The number of cyclic esters (lactones) is 1. The number of para-hydroxylation sites is 1. The van der Waals surface area contributed by atoms with Gasteiger partial charge in [0.05, 0.1) is 12.7 Å². The van der Waals surface area contributed by atoms with E-state index in [1.54, 1.807) is 7.11 Å². The van der Waals surface area contributed by atoms with Crippen LogP contribution in [0, 0.1) is 0 Å². The number of piperazine rings is 1. The SMILES string of the molecule is COc1ccc(C(Cc2ccccc2NC2OC(=O)c3ccccc32)N2CCNCC2)cc1. The lowest BCUT2D eigenvalue weighted by molar-refractivity contribution is 0.0437. The molecule has 0 saturated carbocycles. The molecule has 2 unspecified atom stereocenters. The molecule has 6 nitrogen and oxygen atoms in total. The van der Waals surface area contributed by atoms with Crippen molar-refractivity contribution in [3.8, 4) is 5.75 Å². The molecule has 2 heterocycles. The fraction of sp³-hybridized carbons (Fsp3) is 0.296. The Morgan fingerprint density at radius 1 is 1.03 bits per heavy atom. The van der Waals surface area contributed by atoms with Gasteiger partial charge in [0.25, 0.3) is 0 Å². The van der Waals surface area contributed by atoms with Crippen molar-refractivity contribution in [1.82, 2.24) is 10.2 Å². The van der Waals surface area contributed by atoms with E-state index in [0.29, 0.717) is 5.56 Å². The number of nitrogens with zero attached hydrogens (tertiary/aromatic N) is 1. The topological polar surface area (TPSA) is 62.8 Å². The van der Waals surface area contributed by atoms with E-state index in [9.17, 15) is 4.79 Å². The first-order valence-electron chi connectivity index (χ1n) is 11.5. The Bertz CT molecular complexity index is 1110. The summed E-state index contributed by atoms with van der Waals surface area (Å²) in [5, 5.41) is 6.93. The molecular formula is C27H29N3O3. The summed E-state index contributed by atoms with van der Waals surface area (Å²) in [6.07, 6.45) is 0.367. The molecule has 0 bridgehead atoms. The highest BCUT2D eigenvalue weighted by Crippen LogP contribution is 2.34. The molecule has 1 saturated heterocycles. The van der Waals surface area contributed by atoms with Crippen LogP contribution in [0.15, 0.2) is 72.8 Å². The maximum atomic E-state index is 12.3. The van der Waals surface area contributed by atoms with Gasteiger partial charge in [-0.15, -0.1) is 0 Å². The first-order chi connectivity index (χ1) is 16.2. The number of hydrogen-bond donors (Lipinski definition) is 2. The predicted octanol–water partition coefficient (Wildman–Crippen LogP) is 4.17. The number of nitrogens with one attached hydrogen (secondary N) is 2. The summed E-state index contributed by atoms with van der Waals surface area (Å²) in [6, 6.07) is 24.5. The van der Waals surface area contributed by atoms with Gasteiger partial charge in [0.2, 0.25) is 6.23 Å². The second kappa shape index (κ2) is 9.65. The van der Waals surface area contributed by atoms with Gasteiger partial charge >= 0.3 is 5.97 Å². The quantitative estimate of drug-likeness (QED) is 0.535. The summed E-state index contributed by atoms with van der Waals surface area (Å²) < 4.78 is 11.0. The van der Waals surface area contributed by atoms with Crippen LogP contribution in [0.1, 0.15) is 39.3 Å². The summed E-state index contributed by atoms with van der Waals surface area (Å²) in [5.41, 5.74) is 4.96. The van der Waals surface area contributed by atoms with Crippen molar-refractivity contribution >= 4 is 11.7 Å². The van der Waals surface area contributed by atoms with E-state index in [1.165, 1.54) is 11.1 Å². The van der Waals surface area contributed by atoms with E-state index in [2.05, 4.69) is 45.9 Å². The first-order valence-corrected chi connectivity index (χ1v) is 11.5. The largest absolute Gasteiger partial charge is 0.497 e. The average molecular weight is 444 g/mol. The van der Waals surface area contributed by atoms with Crippen LogP contribution < -0.4 is 15.4 Å². The fourth-order valence-electron chi connectivity index (χ4n) is 4.72. The summed E-state index contributed by atoms with van der Waals surface area (Å²) >= 11 is 0. The Morgan fingerprint density at radius 2 is 1.76 bits per heavy atom. The van der Waals surface area contributed by atoms with Gasteiger partial charge in [-0.2, -0.15) is 0 Å². The number of anilines is 1. The second-order valence-electron chi connectivity index (χ2n) is 8.45. The monoisotopic (exact) mass is 443 g/mol. The van der Waals surface area contributed by atoms with Crippen molar-refractivity contribution < 1.29 is 14.3 Å². The molecule has 2 aliphatic rings. The van der Waals surface area contributed by atoms with Crippen molar-refractivity contribution in [2.75, 3.05) is 38.6 Å². The smallest absolute Gasteiger partial charge is 0.340 e. The van der Waals surface area contributed by atoms with Crippen molar-refractivity contribution in [1.29, 1.82) is 0 Å². The van der Waals surface area contributed by atoms with Crippen LogP contribution in [0.25, 0.3) is 0 Å². The van der Waals surface area contributed by atoms with Gasteiger partial charge in [0.1, 0.15) is 5.75 Å². The summed E-state index contributed by atoms with van der Waals surface area (Å²) in [4.78, 5) is 14.8. The van der Waals surface area contributed by atoms with Gasteiger partial charge < -0.3 is 20.1 Å². The number of rotatable bonds is 7. The van der Waals surface area contributed by atoms with E-state index < -0.39 is 6.23 Å². The van der Waals surface area contributed by atoms with E-state index >= 15 is 0 Å². The highest BCUT2D eigenvalue weighted by Gasteiger charge is 2.31. The van der Waals surface area contributed by atoms with Crippen LogP contribution >= 0.6 is 0 Å². The number of carbonyl (C=O) groups is 1. The highest BCUT2D eigenvalue weighted by atomic mass is 16.6. The predicted molar refractivity (Wildman–Crippen MR) is 129 cm³/mol. The minimum Gasteiger partial charge on any atom is -0.497 e. The minimum absolute atomic E-state index is 0.236. The molecule has 2 N–H and O–H groups in total. The number of benzene rings is 3. The first kappa shape index (κ1) is 21.5. The lowest BCUT2D eigenvalue weighted by atomic mass is 9.95. The third-order valence-corrected chi connectivity index (χ3v) is 6.50. The lowest BCUT2D eigenvalue weighted by Gasteiger charge is -2.36. The molecule has 0 radical (unpaired) electrons. The van der Waals surface area contributed by atoms with Crippen LogP contribution in [-0.2, 0) is 11.2 Å². The summed E-state index contributed by atoms with van der Waals surface area (Å²) in [7, 11) is 1.69. The van der Waals surface area contributed by atoms with E-state index in [1.807, 2.05) is 42.5 Å². The van der Waals surface area contributed by atoms with E-state index in [4.69, 9.17) is 9.47 Å². The Hall–Kier alpha value is -3.35. The van der Waals surface area contributed by atoms with Gasteiger partial charge in [0.15, 0.2) is 0 Å². The number of hydrogen-bond acceptors (Lipinski definition) is 6. The Balaban J connectivity index is 1.42. The minimum atomic E-state index is -0.478. The molecule has 0 aliphatic carbocycles. The Morgan fingerprint density at radius 3 is 2.55 bits per heavy atom. The molecule has 170 valence electrons. The van der Waals surface area contributed by atoms with Gasteiger partial charge in [-0.1, -0.05) is 48.5 Å². The Kier molecular flexibility index (Phi) is 6.28. The second-order valence-corrected chi connectivity index (χ2v) is 8.45. The van der Waals surface area contributed by atoms with Gasteiger partial charge in [-0.25, -0.2) is 4.79 Å². The highest BCUT2D eigenvalue weighted by molar-refractivity contribution is 5.94. The van der Waals surface area contributed by atoms with E-state index in [0.717, 1.165) is 49.6 Å². The molecule has 33 heavy (non-hydrogen) atoms. The summed E-state index contributed by atoms with van der Waals surface area (Å²) in [5.74, 6) is 0.582. The molecule has 3 aromatic carbocycles. The van der Waals surface area contributed by atoms with Gasteiger partial charge in [-0.05, 0) is 41.8 Å². The lowest BCUT2D eigenvalue weighted by Crippen LogP contribution is -2.45. The molecule has 2 aliphatic heterocycles. The van der Waals surface area contributed by atoms with Crippen LogP contribution in [-0.4, -0.2) is 44.2 Å². The maximum absolute atomic E-state index is 12.3. The molecule has 6 heteroatoms. The van der Waals surface area contributed by atoms with Crippen LogP contribution in [0.2, 0.25) is 0 Å². The van der Waals surface area contributed by atoms with Crippen LogP contribution in [0.4, 0.5) is 5.69 Å². The molecule has 3 aromatic rings. The maximum Gasteiger partial charge on any atom is 0.340 e. The molecule has 2 atom stereocenters. The van der Waals surface area contributed by atoms with Crippen LogP contribution in [0.5, 0.6) is 5.75 Å². The molecule has 0 amide bonds. The number of fused-ring (bicyclic) bond motifs is 1. The third-order valence-electron chi connectivity index (χ3n) is 6.50. The van der Waals surface area contributed by atoms with Crippen molar-refractivity contribution in [2.45, 2.75) is 18.7 Å². The van der Waals surface area contributed by atoms with Crippen molar-refractivity contribution in [3.63, 3.8) is 0 Å². The molecule has 0 spiro atoms. The number of esters is 1. The molecular weight excluding hydrogens is 414 g/mol. The number of carbonyl (C=O) groups excluding carboxylic acids is 1. The van der Waals surface area contributed by atoms with Crippen molar-refractivity contribution in [2.24, 2.45) is 0 Å². The Labute approximate surface area is 194 Å². The molecule has 5 rings (SSSR count). The van der Waals surface area contributed by atoms with Gasteiger partial charge in [-0.3, -0.25) is 4.90 Å². The number of methoxy groups -OCH3 is 1. The zero-order valence-corrected chi connectivity index (χ0v) is 18.8.